The van der Waals surface area contributed by atoms with Gasteiger partial charge in [-0.05, 0) is 41.0 Å². The molecule has 1 heterocycles. The number of nitrogen functional groups attached to an aromatic ring is 1. The molecule has 0 fully saturated rings. The molecule has 0 aliphatic carbocycles. The zero-order chi connectivity index (χ0) is 22.8. The standard InChI is InChI=1S/C28H22ClN3O/c29-24-16-10-20(11-17-24)18-31-25-8-4-5-9-26(25)32(28(31)30)19-27(33)23-14-12-22(13-15-23)21-6-2-1-3-7-21/h1-17,30H,18-19H2/p+1. The van der Waals surface area contributed by atoms with Crippen molar-refractivity contribution in [2.45, 2.75) is 13.1 Å². The van der Waals surface area contributed by atoms with Gasteiger partial charge < -0.3 is 0 Å². The first-order valence-corrected chi connectivity index (χ1v) is 11.2. The summed E-state index contributed by atoms with van der Waals surface area (Å²) in [5.74, 6) is 0.557. The molecular formula is C28H23ClN3O+. The number of halogens is 1. The monoisotopic (exact) mass is 452 g/mol. The van der Waals surface area contributed by atoms with Crippen molar-refractivity contribution in [2.75, 3.05) is 5.73 Å². The molecular weight excluding hydrogens is 430 g/mol. The fourth-order valence-electron chi connectivity index (χ4n) is 4.13. The van der Waals surface area contributed by atoms with E-state index in [1.807, 2.05) is 100 Å². The predicted octanol–water partition coefficient (Wildman–Crippen LogP) is 5.76. The third-order valence-electron chi connectivity index (χ3n) is 5.89. The van der Waals surface area contributed by atoms with Gasteiger partial charge in [0.05, 0.1) is 6.54 Å². The second-order valence-corrected chi connectivity index (χ2v) is 8.45. The average Bonchev–Trinajstić information content (AvgIpc) is 3.12. The molecule has 5 heteroatoms. The number of fused-ring (bicyclic) bond motifs is 1. The maximum Gasteiger partial charge on any atom is 0.356 e. The molecule has 0 saturated heterocycles. The van der Waals surface area contributed by atoms with Gasteiger partial charge in [-0.2, -0.15) is 0 Å². The number of nitrogens with two attached hydrogens (primary N) is 1. The summed E-state index contributed by atoms with van der Waals surface area (Å²) in [5, 5.41) is 0.697. The van der Waals surface area contributed by atoms with Crippen LogP contribution >= 0.6 is 11.6 Å². The van der Waals surface area contributed by atoms with E-state index >= 15 is 0 Å². The molecule has 0 spiro atoms. The number of Topliss-reactive ketones (excluding diaryl/α,β-unsaturated/α-hetero) is 1. The van der Waals surface area contributed by atoms with Crippen molar-refractivity contribution in [1.29, 1.82) is 0 Å². The quantitative estimate of drug-likeness (QED) is 0.263. The molecule has 5 rings (SSSR count). The molecule has 0 amide bonds. The number of benzene rings is 4. The Bertz CT molecular complexity index is 1420. The van der Waals surface area contributed by atoms with Crippen LogP contribution in [0.4, 0.5) is 5.95 Å². The van der Waals surface area contributed by atoms with E-state index < -0.39 is 0 Å². The van der Waals surface area contributed by atoms with Gasteiger partial charge in [0.1, 0.15) is 17.6 Å². The van der Waals surface area contributed by atoms with E-state index in [9.17, 15) is 4.79 Å². The largest absolute Gasteiger partial charge is 0.356 e. The summed E-state index contributed by atoms with van der Waals surface area (Å²) in [6.07, 6.45) is 0. The van der Waals surface area contributed by atoms with Crippen molar-refractivity contribution in [3.63, 3.8) is 0 Å². The molecule has 2 N–H and O–H groups in total. The van der Waals surface area contributed by atoms with Gasteiger partial charge in [0.15, 0.2) is 5.78 Å². The minimum Gasteiger partial charge on any atom is -0.291 e. The number of ketones is 1. The number of anilines is 1. The minimum atomic E-state index is 0.0145. The van der Waals surface area contributed by atoms with Gasteiger partial charge in [0.25, 0.3) is 0 Å². The second kappa shape index (κ2) is 8.93. The van der Waals surface area contributed by atoms with E-state index in [0.29, 0.717) is 23.1 Å². The summed E-state index contributed by atoms with van der Waals surface area (Å²) in [7, 11) is 0. The lowest BCUT2D eigenvalue weighted by molar-refractivity contribution is -0.648. The maximum atomic E-state index is 13.2. The number of para-hydroxylation sites is 2. The van der Waals surface area contributed by atoms with Crippen LogP contribution in [0, 0.1) is 0 Å². The van der Waals surface area contributed by atoms with E-state index in [1.165, 1.54) is 0 Å². The second-order valence-electron chi connectivity index (χ2n) is 8.01. The van der Waals surface area contributed by atoms with E-state index in [2.05, 4.69) is 12.1 Å². The van der Waals surface area contributed by atoms with Gasteiger partial charge in [-0.25, -0.2) is 9.13 Å². The molecule has 162 valence electrons. The molecule has 0 aliphatic rings. The molecule has 0 aliphatic heterocycles. The van der Waals surface area contributed by atoms with E-state index in [4.69, 9.17) is 17.3 Å². The zero-order valence-corrected chi connectivity index (χ0v) is 18.7. The molecule has 0 saturated carbocycles. The number of rotatable bonds is 6. The van der Waals surface area contributed by atoms with Crippen LogP contribution in [-0.4, -0.2) is 10.4 Å². The van der Waals surface area contributed by atoms with Gasteiger partial charge in [0, 0.05) is 10.6 Å². The van der Waals surface area contributed by atoms with Crippen LogP contribution in [-0.2, 0) is 13.1 Å². The summed E-state index contributed by atoms with van der Waals surface area (Å²) < 4.78 is 3.92. The third-order valence-corrected chi connectivity index (χ3v) is 6.14. The molecule has 0 unspecified atom stereocenters. The number of hydrogen-bond acceptors (Lipinski definition) is 2. The highest BCUT2D eigenvalue weighted by molar-refractivity contribution is 6.30. The number of nitrogens with zero attached hydrogens (tertiary/aromatic N) is 2. The normalized spacial score (nSPS) is 11.1. The Morgan fingerprint density at radius 1 is 0.788 bits per heavy atom. The lowest BCUT2D eigenvalue weighted by Crippen LogP contribution is -2.37. The Kier molecular flexibility index (Phi) is 5.68. The van der Waals surface area contributed by atoms with Crippen molar-refractivity contribution in [3.05, 3.63) is 119 Å². The van der Waals surface area contributed by atoms with Crippen molar-refractivity contribution in [2.24, 2.45) is 0 Å². The molecule has 33 heavy (non-hydrogen) atoms. The number of carbonyl (C=O) groups excluding carboxylic acids is 1. The molecule has 0 radical (unpaired) electrons. The van der Waals surface area contributed by atoms with Gasteiger partial charge in [-0.15, -0.1) is 0 Å². The molecule has 1 aromatic heterocycles. The Morgan fingerprint density at radius 3 is 2.15 bits per heavy atom. The predicted molar refractivity (Wildman–Crippen MR) is 133 cm³/mol. The van der Waals surface area contributed by atoms with Gasteiger partial charge in [-0.3, -0.25) is 10.5 Å². The lowest BCUT2D eigenvalue weighted by atomic mass is 10.0. The first-order valence-electron chi connectivity index (χ1n) is 10.8. The Hall–Kier alpha value is -3.89. The maximum absolute atomic E-state index is 13.2. The van der Waals surface area contributed by atoms with Crippen molar-refractivity contribution >= 4 is 34.4 Å². The highest BCUT2D eigenvalue weighted by Gasteiger charge is 2.23. The summed E-state index contributed by atoms with van der Waals surface area (Å²) in [4.78, 5) is 13.2. The summed E-state index contributed by atoms with van der Waals surface area (Å²) in [6, 6.07) is 33.5. The molecule has 4 aromatic carbocycles. The summed E-state index contributed by atoms with van der Waals surface area (Å²) in [6.45, 7) is 0.765. The summed E-state index contributed by atoms with van der Waals surface area (Å²) in [5.41, 5.74) is 12.4. The van der Waals surface area contributed by atoms with Crippen LogP contribution in [0.1, 0.15) is 15.9 Å². The van der Waals surface area contributed by atoms with E-state index in [1.54, 1.807) is 0 Å². The van der Waals surface area contributed by atoms with Gasteiger partial charge >= 0.3 is 5.95 Å². The van der Waals surface area contributed by atoms with Crippen LogP contribution in [0.3, 0.4) is 0 Å². The molecule has 5 aromatic rings. The fraction of sp³-hybridized carbons (Fsp3) is 0.0714. The smallest absolute Gasteiger partial charge is 0.291 e. The summed E-state index contributed by atoms with van der Waals surface area (Å²) >= 11 is 6.03. The molecule has 0 atom stereocenters. The van der Waals surface area contributed by atoms with Crippen molar-refractivity contribution < 1.29 is 9.36 Å². The third kappa shape index (κ3) is 4.26. The van der Waals surface area contributed by atoms with Crippen LogP contribution < -0.4 is 10.3 Å². The number of aromatic nitrogens is 2. The van der Waals surface area contributed by atoms with Gasteiger partial charge in [-0.1, -0.05) is 90.5 Å². The van der Waals surface area contributed by atoms with Crippen LogP contribution in [0.15, 0.2) is 103 Å². The van der Waals surface area contributed by atoms with Crippen LogP contribution in [0.25, 0.3) is 22.2 Å². The first-order chi connectivity index (χ1) is 16.1. The number of hydrogen-bond donors (Lipinski definition) is 1. The van der Waals surface area contributed by atoms with Crippen molar-refractivity contribution in [1.82, 2.24) is 4.57 Å². The number of carbonyl (C=O) groups is 1. The Morgan fingerprint density at radius 2 is 1.42 bits per heavy atom. The highest BCUT2D eigenvalue weighted by Crippen LogP contribution is 2.21. The van der Waals surface area contributed by atoms with Crippen molar-refractivity contribution in [3.8, 4) is 11.1 Å². The van der Waals surface area contributed by atoms with E-state index in [0.717, 1.165) is 27.7 Å². The van der Waals surface area contributed by atoms with Crippen LogP contribution in [0.2, 0.25) is 5.02 Å². The average molecular weight is 453 g/mol. The highest BCUT2D eigenvalue weighted by atomic mass is 35.5. The van der Waals surface area contributed by atoms with Gasteiger partial charge in [0.2, 0.25) is 0 Å². The SMILES string of the molecule is Nc1n(CC(=O)c2ccc(-c3ccccc3)cc2)c2ccccc2[n+]1Cc1ccc(Cl)cc1. The minimum absolute atomic E-state index is 0.0145. The zero-order valence-electron chi connectivity index (χ0n) is 18.0. The topological polar surface area (TPSA) is 51.9 Å². The first kappa shape index (κ1) is 21.0. The number of imidazole rings is 1. The Labute approximate surface area is 197 Å². The lowest BCUT2D eigenvalue weighted by Gasteiger charge is -2.05. The molecule has 0 bridgehead atoms. The Balaban J connectivity index is 1.44. The van der Waals surface area contributed by atoms with Crippen LogP contribution in [0.5, 0.6) is 0 Å². The molecule has 4 nitrogen and oxygen atoms in total. The fourth-order valence-corrected chi connectivity index (χ4v) is 4.26. The van der Waals surface area contributed by atoms with E-state index in [-0.39, 0.29) is 12.3 Å².